The van der Waals surface area contributed by atoms with Gasteiger partial charge in [0.1, 0.15) is 12.4 Å². The van der Waals surface area contributed by atoms with E-state index < -0.39 is 0 Å². The summed E-state index contributed by atoms with van der Waals surface area (Å²) in [6.45, 7) is 12.5. The van der Waals surface area contributed by atoms with Gasteiger partial charge in [0.15, 0.2) is 0 Å². The van der Waals surface area contributed by atoms with E-state index in [0.29, 0.717) is 0 Å². The maximum Gasteiger partial charge on any atom is 0.122 e. The van der Waals surface area contributed by atoms with E-state index in [2.05, 4.69) is 50.8 Å². The SMILES string of the molecule is CCN(CC)CCOc1cc(C)ccc1C. The van der Waals surface area contributed by atoms with Crippen LogP contribution in [0.25, 0.3) is 0 Å². The zero-order valence-electron chi connectivity index (χ0n) is 10.9. The number of benzene rings is 1. The molecule has 0 amide bonds. The Hall–Kier alpha value is -1.02. The Balaban J connectivity index is 2.45. The summed E-state index contributed by atoms with van der Waals surface area (Å²) in [7, 11) is 0. The highest BCUT2D eigenvalue weighted by Gasteiger charge is 2.02. The third-order valence-electron chi connectivity index (χ3n) is 2.90. The van der Waals surface area contributed by atoms with Gasteiger partial charge in [-0.3, -0.25) is 0 Å². The molecule has 0 bridgehead atoms. The van der Waals surface area contributed by atoms with Crippen molar-refractivity contribution in [2.45, 2.75) is 27.7 Å². The predicted octanol–water partition coefficient (Wildman–Crippen LogP) is 3.02. The minimum Gasteiger partial charge on any atom is -0.492 e. The first-order chi connectivity index (χ1) is 7.67. The molecule has 0 heterocycles. The van der Waals surface area contributed by atoms with Gasteiger partial charge in [-0.2, -0.15) is 0 Å². The van der Waals surface area contributed by atoms with Gasteiger partial charge in [0.25, 0.3) is 0 Å². The Bertz CT molecular complexity index is 319. The van der Waals surface area contributed by atoms with E-state index in [9.17, 15) is 0 Å². The second kappa shape index (κ2) is 6.54. The molecule has 0 saturated heterocycles. The highest BCUT2D eigenvalue weighted by atomic mass is 16.5. The minimum atomic E-state index is 0.770. The summed E-state index contributed by atoms with van der Waals surface area (Å²) in [6, 6.07) is 6.34. The number of hydrogen-bond donors (Lipinski definition) is 0. The molecule has 0 aliphatic rings. The molecule has 0 atom stereocenters. The number of ether oxygens (including phenoxy) is 1. The Labute approximate surface area is 99.2 Å². The third-order valence-corrected chi connectivity index (χ3v) is 2.90. The summed E-state index contributed by atoms with van der Waals surface area (Å²) in [4.78, 5) is 2.37. The number of likely N-dealkylation sites (N-methyl/N-ethyl adjacent to an activating group) is 1. The first kappa shape index (κ1) is 13.0. The van der Waals surface area contributed by atoms with Crippen molar-refractivity contribution in [1.82, 2.24) is 4.90 Å². The van der Waals surface area contributed by atoms with Gasteiger partial charge in [-0.25, -0.2) is 0 Å². The summed E-state index contributed by atoms with van der Waals surface area (Å²) in [5.41, 5.74) is 2.47. The van der Waals surface area contributed by atoms with Gasteiger partial charge < -0.3 is 9.64 Å². The number of nitrogens with zero attached hydrogens (tertiary/aromatic N) is 1. The van der Waals surface area contributed by atoms with Gasteiger partial charge in [0.05, 0.1) is 0 Å². The van der Waals surface area contributed by atoms with E-state index in [-0.39, 0.29) is 0 Å². The first-order valence-corrected chi connectivity index (χ1v) is 6.09. The van der Waals surface area contributed by atoms with E-state index in [1.165, 1.54) is 11.1 Å². The lowest BCUT2D eigenvalue weighted by molar-refractivity contribution is 0.222. The van der Waals surface area contributed by atoms with Crippen LogP contribution in [0.2, 0.25) is 0 Å². The zero-order valence-corrected chi connectivity index (χ0v) is 10.9. The topological polar surface area (TPSA) is 12.5 Å². The van der Waals surface area contributed by atoms with Crippen LogP contribution in [0.15, 0.2) is 18.2 Å². The lowest BCUT2D eigenvalue weighted by atomic mass is 10.1. The second-order valence-electron chi connectivity index (χ2n) is 4.14. The van der Waals surface area contributed by atoms with Crippen LogP contribution >= 0.6 is 0 Å². The van der Waals surface area contributed by atoms with Crippen molar-refractivity contribution in [2.75, 3.05) is 26.2 Å². The van der Waals surface area contributed by atoms with Crippen molar-refractivity contribution in [3.05, 3.63) is 29.3 Å². The minimum absolute atomic E-state index is 0.770. The van der Waals surface area contributed by atoms with Gasteiger partial charge >= 0.3 is 0 Å². The Kier molecular flexibility index (Phi) is 5.33. The van der Waals surface area contributed by atoms with Crippen LogP contribution in [0.4, 0.5) is 0 Å². The van der Waals surface area contributed by atoms with Crippen molar-refractivity contribution in [3.63, 3.8) is 0 Å². The predicted molar refractivity (Wildman–Crippen MR) is 69.2 cm³/mol. The molecule has 1 aromatic rings. The van der Waals surface area contributed by atoms with E-state index in [0.717, 1.165) is 32.0 Å². The average Bonchev–Trinajstić information content (AvgIpc) is 2.29. The number of rotatable bonds is 6. The molecule has 16 heavy (non-hydrogen) atoms. The molecule has 0 spiro atoms. The zero-order chi connectivity index (χ0) is 12.0. The van der Waals surface area contributed by atoms with Crippen LogP contribution in [0.3, 0.4) is 0 Å². The molecule has 2 nitrogen and oxygen atoms in total. The lowest BCUT2D eigenvalue weighted by Crippen LogP contribution is -2.28. The molecular weight excluding hydrogens is 198 g/mol. The fraction of sp³-hybridized carbons (Fsp3) is 0.571. The van der Waals surface area contributed by atoms with Crippen molar-refractivity contribution in [1.29, 1.82) is 0 Å². The van der Waals surface area contributed by atoms with Crippen LogP contribution in [0.1, 0.15) is 25.0 Å². The third kappa shape index (κ3) is 3.86. The maximum atomic E-state index is 5.81. The largest absolute Gasteiger partial charge is 0.492 e. The Morgan fingerprint density at radius 1 is 1.12 bits per heavy atom. The van der Waals surface area contributed by atoms with Gasteiger partial charge in [-0.15, -0.1) is 0 Å². The summed E-state index contributed by atoms with van der Waals surface area (Å²) in [5.74, 6) is 1.02. The smallest absolute Gasteiger partial charge is 0.122 e. The lowest BCUT2D eigenvalue weighted by Gasteiger charge is -2.18. The van der Waals surface area contributed by atoms with Crippen LogP contribution in [-0.2, 0) is 0 Å². The van der Waals surface area contributed by atoms with Crippen molar-refractivity contribution in [2.24, 2.45) is 0 Å². The Morgan fingerprint density at radius 3 is 2.44 bits per heavy atom. The van der Waals surface area contributed by atoms with Crippen LogP contribution in [0.5, 0.6) is 5.75 Å². The molecule has 2 heteroatoms. The fourth-order valence-electron chi connectivity index (χ4n) is 1.69. The van der Waals surface area contributed by atoms with Gasteiger partial charge in [0, 0.05) is 6.54 Å². The summed E-state index contributed by atoms with van der Waals surface area (Å²) in [6.07, 6.45) is 0. The normalized spacial score (nSPS) is 10.8. The van der Waals surface area contributed by atoms with Crippen molar-refractivity contribution < 1.29 is 4.74 Å². The van der Waals surface area contributed by atoms with E-state index in [1.807, 2.05) is 0 Å². The molecule has 0 aliphatic carbocycles. The van der Waals surface area contributed by atoms with E-state index in [4.69, 9.17) is 4.74 Å². The Morgan fingerprint density at radius 2 is 1.81 bits per heavy atom. The monoisotopic (exact) mass is 221 g/mol. The van der Waals surface area contributed by atoms with Crippen LogP contribution in [-0.4, -0.2) is 31.1 Å². The second-order valence-corrected chi connectivity index (χ2v) is 4.14. The molecule has 1 rings (SSSR count). The highest BCUT2D eigenvalue weighted by molar-refractivity contribution is 5.35. The van der Waals surface area contributed by atoms with E-state index in [1.54, 1.807) is 0 Å². The quantitative estimate of drug-likeness (QED) is 0.732. The molecule has 0 saturated carbocycles. The van der Waals surface area contributed by atoms with Gasteiger partial charge in [0.2, 0.25) is 0 Å². The standard InChI is InChI=1S/C14H23NO/c1-5-15(6-2)9-10-16-14-11-12(3)7-8-13(14)4/h7-8,11H,5-6,9-10H2,1-4H3. The summed E-state index contributed by atoms with van der Waals surface area (Å²) >= 11 is 0. The number of hydrogen-bond acceptors (Lipinski definition) is 2. The molecule has 0 aromatic heterocycles. The van der Waals surface area contributed by atoms with Crippen molar-refractivity contribution in [3.8, 4) is 5.75 Å². The molecule has 0 fully saturated rings. The van der Waals surface area contributed by atoms with Crippen molar-refractivity contribution >= 4 is 0 Å². The molecule has 90 valence electrons. The maximum absolute atomic E-state index is 5.81. The fourth-order valence-corrected chi connectivity index (χ4v) is 1.69. The molecule has 0 radical (unpaired) electrons. The molecule has 0 unspecified atom stereocenters. The molecule has 0 N–H and O–H groups in total. The highest BCUT2D eigenvalue weighted by Crippen LogP contribution is 2.18. The van der Waals surface area contributed by atoms with Gasteiger partial charge in [-0.05, 0) is 44.1 Å². The average molecular weight is 221 g/mol. The first-order valence-electron chi connectivity index (χ1n) is 6.09. The number of aryl methyl sites for hydroxylation is 2. The van der Waals surface area contributed by atoms with E-state index >= 15 is 0 Å². The van der Waals surface area contributed by atoms with Gasteiger partial charge in [-0.1, -0.05) is 26.0 Å². The summed E-state index contributed by atoms with van der Waals surface area (Å²) in [5, 5.41) is 0. The molecule has 0 aliphatic heterocycles. The van der Waals surface area contributed by atoms with Crippen LogP contribution in [0, 0.1) is 13.8 Å². The summed E-state index contributed by atoms with van der Waals surface area (Å²) < 4.78 is 5.81. The van der Waals surface area contributed by atoms with Crippen LogP contribution < -0.4 is 4.74 Å². The molecule has 1 aromatic carbocycles. The molecular formula is C14H23NO.